The molecule has 5 amide bonds. The number of amides is 5. The average Bonchev–Trinajstić information content (AvgIpc) is 3.11. The molecule has 0 radical (unpaired) electrons. The van der Waals surface area contributed by atoms with Crippen LogP contribution in [0.5, 0.6) is 0 Å². The Bertz CT molecular complexity index is 1280. The van der Waals surface area contributed by atoms with Crippen molar-refractivity contribution in [1.29, 1.82) is 0 Å². The van der Waals surface area contributed by atoms with Gasteiger partial charge in [0.1, 0.15) is 0 Å². The second-order valence-corrected chi connectivity index (χ2v) is 8.13. The molecule has 2 bridgehead atoms. The van der Waals surface area contributed by atoms with Crippen LogP contribution in [0.1, 0.15) is 28.4 Å². The van der Waals surface area contributed by atoms with Gasteiger partial charge in [0.15, 0.2) is 0 Å². The van der Waals surface area contributed by atoms with Crippen LogP contribution >= 0.6 is 23.2 Å². The number of fused-ring (bicyclic) bond motifs is 1. The lowest BCUT2D eigenvalue weighted by Crippen LogP contribution is -2.54. The van der Waals surface area contributed by atoms with Crippen LogP contribution in [-0.2, 0) is 31.3 Å². The first-order chi connectivity index (χ1) is 15.2. The molecular weight excluding hydrogens is 461 g/mol. The smallest absolute Gasteiger partial charge is 0.305 e. The molecule has 0 saturated carbocycles. The molecule has 2 aromatic carbocycles. The Labute approximate surface area is 191 Å². The zero-order valence-corrected chi connectivity index (χ0v) is 17.9. The fourth-order valence-electron chi connectivity index (χ4n) is 4.36. The lowest BCUT2D eigenvalue weighted by atomic mass is 9.87. The number of halogens is 2. The highest BCUT2D eigenvalue weighted by Crippen LogP contribution is 2.52. The van der Waals surface area contributed by atoms with Crippen LogP contribution in [0.3, 0.4) is 0 Å². The number of imide groups is 3. The van der Waals surface area contributed by atoms with E-state index >= 15 is 0 Å². The summed E-state index contributed by atoms with van der Waals surface area (Å²) in [5.41, 5.74) is -1.68. The summed E-state index contributed by atoms with van der Waals surface area (Å²) in [6.07, 6.45) is 0. The molecule has 32 heavy (non-hydrogen) atoms. The van der Waals surface area contributed by atoms with E-state index in [4.69, 9.17) is 28.0 Å². The van der Waals surface area contributed by atoms with E-state index in [-0.39, 0.29) is 39.9 Å². The van der Waals surface area contributed by atoms with Gasteiger partial charge in [-0.2, -0.15) is 9.96 Å². The van der Waals surface area contributed by atoms with Crippen molar-refractivity contribution in [1.82, 2.24) is 9.96 Å². The van der Waals surface area contributed by atoms with Crippen LogP contribution in [0.25, 0.3) is 0 Å². The largest absolute Gasteiger partial charge is 0.359 e. The third-order valence-corrected chi connectivity index (χ3v) is 6.40. The van der Waals surface area contributed by atoms with Crippen molar-refractivity contribution >= 4 is 58.4 Å². The van der Waals surface area contributed by atoms with Crippen LogP contribution in [-0.4, -0.2) is 46.1 Å². The van der Waals surface area contributed by atoms with Gasteiger partial charge in [0.05, 0.1) is 28.9 Å². The summed E-state index contributed by atoms with van der Waals surface area (Å²) in [6, 6.07) is 8.00. The number of hydroxylamine groups is 2. The van der Waals surface area contributed by atoms with Crippen LogP contribution in [0.2, 0.25) is 10.0 Å². The van der Waals surface area contributed by atoms with E-state index in [1.165, 1.54) is 23.1 Å². The van der Waals surface area contributed by atoms with Gasteiger partial charge in [-0.25, -0.2) is 4.79 Å². The minimum atomic E-state index is -2.31. The fraction of sp³-hybridized carbons (Fsp3) is 0.190. The highest BCUT2D eigenvalue weighted by atomic mass is 35.5. The van der Waals surface area contributed by atoms with Gasteiger partial charge in [-0.15, -0.1) is 0 Å². The Morgan fingerprint density at radius 3 is 2.41 bits per heavy atom. The quantitative estimate of drug-likeness (QED) is 0.292. The lowest BCUT2D eigenvalue weighted by Gasteiger charge is -2.29. The molecule has 0 aromatic heterocycles. The number of hydrogen-bond acceptors (Lipinski definition) is 6. The Kier molecular flexibility index (Phi) is 4.42. The molecule has 3 aliphatic heterocycles. The molecule has 0 aliphatic carbocycles. The number of anilines is 1. The van der Waals surface area contributed by atoms with Gasteiger partial charge >= 0.3 is 11.9 Å². The van der Waals surface area contributed by atoms with E-state index in [1.54, 1.807) is 25.1 Å². The molecular formula is C21H13Cl2N3O6. The second-order valence-electron chi connectivity index (χ2n) is 7.32. The first kappa shape index (κ1) is 20.6. The van der Waals surface area contributed by atoms with Crippen molar-refractivity contribution in [3.05, 3.63) is 63.1 Å². The van der Waals surface area contributed by atoms with E-state index < -0.39 is 35.1 Å². The molecule has 3 aliphatic rings. The van der Waals surface area contributed by atoms with Crippen LogP contribution in [0.4, 0.5) is 10.5 Å². The van der Waals surface area contributed by atoms with Crippen LogP contribution < -0.4 is 4.90 Å². The molecule has 1 fully saturated rings. The number of carbonyl (C=O) groups excluding carboxylic acids is 5. The minimum Gasteiger partial charge on any atom is -0.305 e. The van der Waals surface area contributed by atoms with E-state index in [2.05, 4.69) is 0 Å². The summed E-state index contributed by atoms with van der Waals surface area (Å²) in [7, 11) is 0. The van der Waals surface area contributed by atoms with Crippen molar-refractivity contribution in [3.8, 4) is 0 Å². The normalized spacial score (nSPS) is 21.6. The first-order valence-electron chi connectivity index (χ1n) is 9.54. The van der Waals surface area contributed by atoms with E-state index in [9.17, 15) is 24.0 Å². The second kappa shape index (κ2) is 6.86. The third kappa shape index (κ3) is 2.35. The molecule has 0 N–H and O–H groups in total. The van der Waals surface area contributed by atoms with E-state index in [1.807, 2.05) is 0 Å². The predicted molar refractivity (Wildman–Crippen MR) is 111 cm³/mol. The Hall–Kier alpha value is -3.27. The van der Waals surface area contributed by atoms with Crippen molar-refractivity contribution in [2.24, 2.45) is 0 Å². The SMILES string of the molecule is CCON1C(=O)N2C(=O)C(=O)c3cccc4c3C1(C2=O)C(=O)N4Cc1ccc(Cl)c(Cl)c1. The molecule has 2 aromatic rings. The molecule has 3 heterocycles. The summed E-state index contributed by atoms with van der Waals surface area (Å²) < 4.78 is 0. The Morgan fingerprint density at radius 1 is 0.969 bits per heavy atom. The number of rotatable bonds is 4. The maximum Gasteiger partial charge on any atom is 0.359 e. The predicted octanol–water partition coefficient (Wildman–Crippen LogP) is 2.67. The zero-order chi connectivity index (χ0) is 22.9. The molecule has 1 saturated heterocycles. The number of benzene rings is 2. The molecule has 5 rings (SSSR count). The zero-order valence-electron chi connectivity index (χ0n) is 16.4. The number of hydrogen-bond donors (Lipinski definition) is 0. The van der Waals surface area contributed by atoms with Gasteiger partial charge in [0.25, 0.3) is 23.1 Å². The van der Waals surface area contributed by atoms with Crippen LogP contribution in [0.15, 0.2) is 36.4 Å². The number of nitrogens with zero attached hydrogens (tertiary/aromatic N) is 3. The van der Waals surface area contributed by atoms with E-state index in [0.717, 1.165) is 0 Å². The number of Topliss-reactive ketones (excluding diaryl/α,β-unsaturated/α-hetero) is 1. The summed E-state index contributed by atoms with van der Waals surface area (Å²) in [5.74, 6) is -4.33. The highest BCUT2D eigenvalue weighted by molar-refractivity contribution is 6.52. The average molecular weight is 474 g/mol. The lowest BCUT2D eigenvalue weighted by molar-refractivity contribution is -0.179. The molecule has 1 spiro atoms. The third-order valence-electron chi connectivity index (χ3n) is 5.66. The number of ketones is 1. The highest BCUT2D eigenvalue weighted by Gasteiger charge is 2.73. The molecule has 1 atom stereocenters. The molecule has 162 valence electrons. The summed E-state index contributed by atoms with van der Waals surface area (Å²) in [6.45, 7) is 1.47. The maximum absolute atomic E-state index is 13.8. The standard InChI is InChI=1S/C21H13Cl2N3O6/c1-2-32-26-20(31)25-17(28)16(27)11-4-3-5-14-15(11)21(26,19(25)30)18(29)24(14)9-10-6-7-12(22)13(23)8-10/h3-8H,2,9H2,1H3. The topological polar surface area (TPSA) is 104 Å². The van der Waals surface area contributed by atoms with Gasteiger partial charge < -0.3 is 4.90 Å². The first-order valence-corrected chi connectivity index (χ1v) is 10.3. The summed E-state index contributed by atoms with van der Waals surface area (Å²) in [4.78, 5) is 72.6. The monoisotopic (exact) mass is 473 g/mol. The van der Waals surface area contributed by atoms with Gasteiger partial charge in [0.2, 0.25) is 0 Å². The summed E-state index contributed by atoms with van der Waals surface area (Å²) >= 11 is 12.1. The molecule has 9 nitrogen and oxygen atoms in total. The van der Waals surface area contributed by atoms with Gasteiger partial charge in [-0.1, -0.05) is 41.4 Å². The van der Waals surface area contributed by atoms with Crippen molar-refractivity contribution in [2.45, 2.75) is 19.0 Å². The molecule has 11 heteroatoms. The number of urea groups is 1. The fourth-order valence-corrected chi connectivity index (χ4v) is 4.68. The number of carbonyl (C=O) groups is 5. The Morgan fingerprint density at radius 2 is 1.72 bits per heavy atom. The van der Waals surface area contributed by atoms with Gasteiger partial charge in [-0.3, -0.25) is 24.0 Å². The maximum atomic E-state index is 13.8. The van der Waals surface area contributed by atoms with Gasteiger partial charge in [-0.05, 0) is 30.7 Å². The minimum absolute atomic E-state index is 0.0303. The summed E-state index contributed by atoms with van der Waals surface area (Å²) in [5, 5.41) is 1.21. The van der Waals surface area contributed by atoms with Crippen LogP contribution in [0, 0.1) is 0 Å². The van der Waals surface area contributed by atoms with Gasteiger partial charge in [0, 0.05) is 11.1 Å². The van der Waals surface area contributed by atoms with Crippen molar-refractivity contribution < 1.29 is 28.8 Å². The van der Waals surface area contributed by atoms with Crippen molar-refractivity contribution in [2.75, 3.05) is 11.5 Å². The van der Waals surface area contributed by atoms with E-state index in [0.29, 0.717) is 15.6 Å². The molecule has 1 unspecified atom stereocenters. The Balaban J connectivity index is 1.77. The van der Waals surface area contributed by atoms with Crippen molar-refractivity contribution in [3.63, 3.8) is 0 Å².